The Morgan fingerprint density at radius 3 is 2.78 bits per heavy atom. The lowest BCUT2D eigenvalue weighted by molar-refractivity contribution is 0.0506. The summed E-state index contributed by atoms with van der Waals surface area (Å²) in [6.45, 7) is 1.86. The molecule has 1 aromatic rings. The molecule has 0 radical (unpaired) electrons. The van der Waals surface area contributed by atoms with Gasteiger partial charge in [0.15, 0.2) is 6.10 Å². The third kappa shape index (κ3) is 2.97. The van der Waals surface area contributed by atoms with Crippen LogP contribution < -0.4 is 5.73 Å². The van der Waals surface area contributed by atoms with Gasteiger partial charge in [-0.25, -0.2) is 4.79 Å². The number of hydrogen-bond acceptors (Lipinski definition) is 6. The van der Waals surface area contributed by atoms with Crippen molar-refractivity contribution in [1.29, 1.82) is 5.26 Å². The second-order valence-corrected chi connectivity index (χ2v) is 3.59. The first kappa shape index (κ1) is 14.0. The fraction of sp³-hybridized carbons (Fsp3) is 0.333. The highest BCUT2D eigenvalue weighted by Crippen LogP contribution is 2.22. The number of nitrogen functional groups attached to an aromatic ring is 1. The zero-order valence-electron chi connectivity index (χ0n) is 9.83. The van der Waals surface area contributed by atoms with E-state index in [9.17, 15) is 15.0 Å². The summed E-state index contributed by atoms with van der Waals surface area (Å²) >= 11 is 0. The number of hydrogen-bond donors (Lipinski definition) is 3. The Kier molecular flexibility index (Phi) is 4.66. The molecule has 0 bridgehead atoms. The van der Waals surface area contributed by atoms with E-state index in [1.807, 2.05) is 0 Å². The molecule has 0 spiro atoms. The Morgan fingerprint density at radius 1 is 1.56 bits per heavy atom. The molecule has 0 aromatic heterocycles. The number of nitriles is 1. The maximum Gasteiger partial charge on any atom is 0.340 e. The van der Waals surface area contributed by atoms with Gasteiger partial charge in [0.2, 0.25) is 0 Å². The van der Waals surface area contributed by atoms with Crippen molar-refractivity contribution in [3.8, 4) is 6.07 Å². The van der Waals surface area contributed by atoms with E-state index in [0.29, 0.717) is 0 Å². The van der Waals surface area contributed by atoms with Crippen molar-refractivity contribution in [2.24, 2.45) is 0 Å². The largest absolute Gasteiger partial charge is 0.462 e. The van der Waals surface area contributed by atoms with Crippen LogP contribution in [-0.4, -0.2) is 28.9 Å². The molecular formula is C12H14N2O4. The molecule has 96 valence electrons. The van der Waals surface area contributed by atoms with Crippen LogP contribution in [0.4, 0.5) is 5.69 Å². The number of nitrogens with two attached hydrogens (primary N) is 1. The van der Waals surface area contributed by atoms with Crippen LogP contribution in [0.5, 0.6) is 0 Å². The zero-order chi connectivity index (χ0) is 13.7. The Labute approximate surface area is 104 Å². The van der Waals surface area contributed by atoms with Crippen molar-refractivity contribution >= 4 is 11.7 Å². The molecule has 0 aliphatic heterocycles. The summed E-state index contributed by atoms with van der Waals surface area (Å²) in [6.07, 6.45) is -2.97. The van der Waals surface area contributed by atoms with Crippen LogP contribution in [0.25, 0.3) is 0 Å². The first-order valence-corrected chi connectivity index (χ1v) is 5.33. The van der Waals surface area contributed by atoms with Gasteiger partial charge in [-0.15, -0.1) is 0 Å². The maximum atomic E-state index is 11.6. The average Bonchev–Trinajstić information content (AvgIpc) is 2.37. The van der Waals surface area contributed by atoms with Crippen LogP contribution in [0.2, 0.25) is 0 Å². The smallest absolute Gasteiger partial charge is 0.340 e. The summed E-state index contributed by atoms with van der Waals surface area (Å²) in [4.78, 5) is 11.6. The highest BCUT2D eigenvalue weighted by molar-refractivity contribution is 5.95. The van der Waals surface area contributed by atoms with E-state index in [4.69, 9.17) is 15.7 Å². The molecule has 6 nitrogen and oxygen atoms in total. The quantitative estimate of drug-likeness (QED) is 0.403. The van der Waals surface area contributed by atoms with Gasteiger partial charge in [-0.05, 0) is 24.6 Å². The molecule has 6 heteroatoms. The molecule has 0 fully saturated rings. The molecule has 18 heavy (non-hydrogen) atoms. The number of benzene rings is 1. The fourth-order valence-electron chi connectivity index (χ4n) is 1.40. The van der Waals surface area contributed by atoms with E-state index in [1.54, 1.807) is 6.92 Å². The molecule has 0 saturated carbocycles. The van der Waals surface area contributed by atoms with Crippen LogP contribution >= 0.6 is 0 Å². The minimum absolute atomic E-state index is 0.0959. The highest BCUT2D eigenvalue weighted by atomic mass is 16.5. The third-order valence-corrected chi connectivity index (χ3v) is 2.35. The first-order valence-electron chi connectivity index (χ1n) is 5.33. The first-order chi connectivity index (χ1) is 8.51. The number of carbonyl (C=O) groups is 1. The lowest BCUT2D eigenvalue weighted by atomic mass is 10.0. The van der Waals surface area contributed by atoms with Crippen LogP contribution in [0.15, 0.2) is 18.2 Å². The van der Waals surface area contributed by atoms with E-state index in [1.165, 1.54) is 24.3 Å². The topological polar surface area (TPSA) is 117 Å². The van der Waals surface area contributed by atoms with Gasteiger partial charge >= 0.3 is 5.97 Å². The van der Waals surface area contributed by atoms with Crippen molar-refractivity contribution in [2.45, 2.75) is 19.1 Å². The van der Waals surface area contributed by atoms with Crippen molar-refractivity contribution < 1.29 is 19.7 Å². The van der Waals surface area contributed by atoms with Crippen LogP contribution in [-0.2, 0) is 4.74 Å². The van der Waals surface area contributed by atoms with Gasteiger partial charge in [-0.1, -0.05) is 6.07 Å². The predicted octanol–water partition coefficient (Wildman–Crippen LogP) is 0.363. The Bertz CT molecular complexity index is 481. The van der Waals surface area contributed by atoms with E-state index in [2.05, 4.69) is 0 Å². The summed E-state index contributed by atoms with van der Waals surface area (Å²) in [7, 11) is 0. The second-order valence-electron chi connectivity index (χ2n) is 3.59. The Balaban J connectivity index is 3.08. The summed E-state index contributed by atoms with van der Waals surface area (Å²) in [5, 5.41) is 27.4. The van der Waals surface area contributed by atoms with E-state index < -0.39 is 18.2 Å². The number of aliphatic hydroxyl groups is 2. The number of nitrogens with zero attached hydrogens (tertiary/aromatic N) is 1. The van der Waals surface area contributed by atoms with Gasteiger partial charge in [-0.3, -0.25) is 0 Å². The van der Waals surface area contributed by atoms with Gasteiger partial charge in [-0.2, -0.15) is 5.26 Å². The number of aliphatic hydroxyl groups excluding tert-OH is 2. The molecule has 2 unspecified atom stereocenters. The van der Waals surface area contributed by atoms with E-state index in [0.717, 1.165) is 0 Å². The lowest BCUT2D eigenvalue weighted by Gasteiger charge is -2.14. The molecular weight excluding hydrogens is 236 g/mol. The molecule has 4 N–H and O–H groups in total. The van der Waals surface area contributed by atoms with Crippen molar-refractivity contribution in [1.82, 2.24) is 0 Å². The van der Waals surface area contributed by atoms with Crippen LogP contribution in [0.1, 0.15) is 28.9 Å². The van der Waals surface area contributed by atoms with Gasteiger partial charge < -0.3 is 20.7 Å². The number of rotatable bonds is 4. The van der Waals surface area contributed by atoms with Crippen molar-refractivity contribution in [3.05, 3.63) is 29.3 Å². The highest BCUT2D eigenvalue weighted by Gasteiger charge is 2.20. The van der Waals surface area contributed by atoms with Crippen LogP contribution in [0, 0.1) is 11.3 Å². The maximum absolute atomic E-state index is 11.6. The summed E-state index contributed by atoms with van der Waals surface area (Å²) in [5.41, 5.74) is 6.14. The molecule has 0 heterocycles. The van der Waals surface area contributed by atoms with E-state index in [-0.39, 0.29) is 23.4 Å². The minimum Gasteiger partial charge on any atom is -0.462 e. The Hall–Kier alpha value is -2.10. The van der Waals surface area contributed by atoms with Gasteiger partial charge in [0.05, 0.1) is 18.2 Å². The summed E-state index contributed by atoms with van der Waals surface area (Å²) in [5.74, 6) is -0.615. The number of anilines is 1. The summed E-state index contributed by atoms with van der Waals surface area (Å²) in [6, 6.07) is 5.66. The molecule has 0 amide bonds. The average molecular weight is 250 g/mol. The van der Waals surface area contributed by atoms with Gasteiger partial charge in [0.25, 0.3) is 0 Å². The summed E-state index contributed by atoms with van der Waals surface area (Å²) < 4.78 is 4.80. The SMILES string of the molecule is CCOC(=O)c1cc(C(O)C(O)C#N)ccc1N. The standard InChI is InChI=1S/C12H14N2O4/c1-2-18-12(17)8-5-7(3-4-9(8)14)11(16)10(15)6-13/h3-5,10-11,15-16H,2,14H2,1H3. The third-order valence-electron chi connectivity index (χ3n) is 2.35. The van der Waals surface area contributed by atoms with Gasteiger partial charge in [0.1, 0.15) is 6.10 Å². The Morgan fingerprint density at radius 2 is 2.22 bits per heavy atom. The monoisotopic (exact) mass is 250 g/mol. The molecule has 0 aliphatic carbocycles. The number of carbonyl (C=O) groups excluding carboxylic acids is 1. The molecule has 0 saturated heterocycles. The van der Waals surface area contributed by atoms with E-state index >= 15 is 0 Å². The minimum atomic E-state index is -1.57. The zero-order valence-corrected chi connectivity index (χ0v) is 9.83. The fourth-order valence-corrected chi connectivity index (χ4v) is 1.40. The normalized spacial score (nSPS) is 13.4. The number of esters is 1. The molecule has 1 rings (SSSR count). The lowest BCUT2D eigenvalue weighted by Crippen LogP contribution is -2.17. The molecule has 1 aromatic carbocycles. The van der Waals surface area contributed by atoms with Crippen molar-refractivity contribution in [2.75, 3.05) is 12.3 Å². The second kappa shape index (κ2) is 6.00. The molecule has 0 aliphatic rings. The molecule has 2 atom stereocenters. The number of ether oxygens (including phenoxy) is 1. The van der Waals surface area contributed by atoms with Gasteiger partial charge in [0, 0.05) is 5.69 Å². The predicted molar refractivity (Wildman–Crippen MR) is 63.4 cm³/mol. The van der Waals surface area contributed by atoms with Crippen molar-refractivity contribution in [3.63, 3.8) is 0 Å². The van der Waals surface area contributed by atoms with Crippen LogP contribution in [0.3, 0.4) is 0 Å².